The van der Waals surface area contributed by atoms with E-state index in [9.17, 15) is 13.2 Å². The first-order valence-electron chi connectivity index (χ1n) is 3.49. The second-order valence-electron chi connectivity index (χ2n) is 2.54. The third-order valence-electron chi connectivity index (χ3n) is 1.59. The van der Waals surface area contributed by atoms with Crippen molar-refractivity contribution in [2.24, 2.45) is 5.73 Å². The van der Waals surface area contributed by atoms with Gasteiger partial charge in [-0.15, -0.1) is 0 Å². The van der Waals surface area contributed by atoms with Crippen molar-refractivity contribution < 1.29 is 13.2 Å². The van der Waals surface area contributed by atoms with Crippen molar-refractivity contribution >= 4 is 22.6 Å². The maximum Gasteiger partial charge on any atom is 0.407 e. The van der Waals surface area contributed by atoms with Crippen molar-refractivity contribution in [2.45, 2.75) is 12.2 Å². The van der Waals surface area contributed by atoms with Crippen LogP contribution in [0, 0.1) is 3.57 Å². The number of hydrogen-bond donors (Lipinski definition) is 1. The van der Waals surface area contributed by atoms with Gasteiger partial charge in [0.15, 0.2) is 0 Å². The molecule has 1 aromatic carbocycles. The fraction of sp³-hybridized carbons (Fsp3) is 0.250. The van der Waals surface area contributed by atoms with Gasteiger partial charge in [-0.25, -0.2) is 0 Å². The van der Waals surface area contributed by atoms with E-state index in [-0.39, 0.29) is 5.56 Å². The number of hydrogen-bond acceptors (Lipinski definition) is 1. The lowest BCUT2D eigenvalue weighted by Gasteiger charge is -2.16. The first-order valence-corrected chi connectivity index (χ1v) is 4.57. The molecule has 0 bridgehead atoms. The van der Waals surface area contributed by atoms with Gasteiger partial charge in [0.05, 0.1) is 0 Å². The van der Waals surface area contributed by atoms with Crippen LogP contribution in [0.25, 0.3) is 0 Å². The minimum atomic E-state index is -4.37. The molecule has 0 spiro atoms. The van der Waals surface area contributed by atoms with Crippen molar-refractivity contribution in [1.82, 2.24) is 0 Å². The molecule has 0 aliphatic rings. The minimum Gasteiger partial charge on any atom is -0.316 e. The average molecular weight is 301 g/mol. The van der Waals surface area contributed by atoms with Crippen molar-refractivity contribution in [3.63, 3.8) is 0 Å². The molecule has 2 N–H and O–H groups in total. The van der Waals surface area contributed by atoms with Crippen molar-refractivity contribution in [2.75, 3.05) is 0 Å². The molecule has 1 aromatic rings. The lowest BCUT2D eigenvalue weighted by atomic mass is 10.1. The van der Waals surface area contributed by atoms with Crippen LogP contribution in [0.5, 0.6) is 0 Å². The van der Waals surface area contributed by atoms with E-state index < -0.39 is 12.2 Å². The van der Waals surface area contributed by atoms with Crippen molar-refractivity contribution in [3.8, 4) is 0 Å². The largest absolute Gasteiger partial charge is 0.407 e. The summed E-state index contributed by atoms with van der Waals surface area (Å²) in [5, 5.41) is 0. The minimum absolute atomic E-state index is 0.121. The SMILES string of the molecule is N[C@@H](c1ccccc1I)C(F)(F)F. The van der Waals surface area contributed by atoms with Gasteiger partial charge in [-0.3, -0.25) is 0 Å². The van der Waals surface area contributed by atoms with E-state index in [0.717, 1.165) is 0 Å². The van der Waals surface area contributed by atoms with Gasteiger partial charge in [0.25, 0.3) is 0 Å². The van der Waals surface area contributed by atoms with E-state index >= 15 is 0 Å². The molecule has 0 radical (unpaired) electrons. The summed E-state index contributed by atoms with van der Waals surface area (Å²) < 4.78 is 37.1. The summed E-state index contributed by atoms with van der Waals surface area (Å²) in [6, 6.07) is 4.32. The standard InChI is InChI=1S/C8H7F3IN/c9-8(10,11)7(13)5-3-1-2-4-6(5)12/h1-4,7H,13H2/t7-/m0/s1. The molecule has 0 aliphatic heterocycles. The van der Waals surface area contributed by atoms with Gasteiger partial charge in [0, 0.05) is 3.57 Å². The average Bonchev–Trinajstić information content (AvgIpc) is 2.02. The highest BCUT2D eigenvalue weighted by Gasteiger charge is 2.38. The van der Waals surface area contributed by atoms with E-state index in [4.69, 9.17) is 5.73 Å². The van der Waals surface area contributed by atoms with Crippen LogP contribution in [0.4, 0.5) is 13.2 Å². The number of nitrogens with two attached hydrogens (primary N) is 1. The zero-order valence-corrected chi connectivity index (χ0v) is 8.63. The Morgan fingerprint density at radius 3 is 2.23 bits per heavy atom. The predicted octanol–water partition coefficient (Wildman–Crippen LogP) is 2.85. The summed E-state index contributed by atoms with van der Waals surface area (Å²) in [6.45, 7) is 0. The lowest BCUT2D eigenvalue weighted by Crippen LogP contribution is -2.29. The Balaban J connectivity index is 3.02. The molecule has 1 atom stereocenters. The van der Waals surface area contributed by atoms with E-state index in [1.54, 1.807) is 18.2 Å². The molecular weight excluding hydrogens is 294 g/mol. The molecule has 5 heteroatoms. The van der Waals surface area contributed by atoms with Crippen LogP contribution in [0.1, 0.15) is 11.6 Å². The van der Waals surface area contributed by atoms with Gasteiger partial charge in [-0.05, 0) is 34.2 Å². The fourth-order valence-electron chi connectivity index (χ4n) is 0.904. The molecule has 0 fully saturated rings. The fourth-order valence-corrected chi connectivity index (χ4v) is 1.63. The maximum absolute atomic E-state index is 12.2. The van der Waals surface area contributed by atoms with Crippen LogP contribution in [-0.2, 0) is 0 Å². The Bertz CT molecular complexity index is 298. The summed E-state index contributed by atoms with van der Waals surface area (Å²) in [6.07, 6.45) is -4.37. The molecule has 13 heavy (non-hydrogen) atoms. The molecule has 1 rings (SSSR count). The van der Waals surface area contributed by atoms with Crippen LogP contribution < -0.4 is 5.73 Å². The van der Waals surface area contributed by atoms with Crippen molar-refractivity contribution in [3.05, 3.63) is 33.4 Å². The van der Waals surface area contributed by atoms with E-state index in [1.807, 2.05) is 22.6 Å². The van der Waals surface area contributed by atoms with Crippen LogP contribution in [-0.4, -0.2) is 6.18 Å². The van der Waals surface area contributed by atoms with Gasteiger partial charge >= 0.3 is 6.18 Å². The Morgan fingerprint density at radius 2 is 1.77 bits per heavy atom. The summed E-state index contributed by atoms with van der Waals surface area (Å²) in [5.74, 6) is 0. The Hall–Kier alpha value is -0.300. The zero-order chi connectivity index (χ0) is 10.1. The Morgan fingerprint density at radius 1 is 1.23 bits per heavy atom. The summed E-state index contributed by atoms with van der Waals surface area (Å²) >= 11 is 1.84. The smallest absolute Gasteiger partial charge is 0.316 e. The molecule has 0 amide bonds. The van der Waals surface area contributed by atoms with Crippen LogP contribution >= 0.6 is 22.6 Å². The molecular formula is C8H7F3IN. The molecule has 0 saturated heterocycles. The first kappa shape index (κ1) is 10.8. The number of alkyl halides is 3. The summed E-state index contributed by atoms with van der Waals surface area (Å²) in [4.78, 5) is 0. The summed E-state index contributed by atoms with van der Waals surface area (Å²) in [5.41, 5.74) is 5.16. The van der Waals surface area contributed by atoms with Gasteiger partial charge in [0.2, 0.25) is 0 Å². The predicted molar refractivity (Wildman–Crippen MR) is 52.1 cm³/mol. The second kappa shape index (κ2) is 3.83. The number of benzene rings is 1. The normalized spacial score (nSPS) is 14.2. The van der Waals surface area contributed by atoms with Crippen LogP contribution in [0.2, 0.25) is 0 Å². The lowest BCUT2D eigenvalue weighted by molar-refractivity contribution is -0.149. The molecule has 0 saturated carbocycles. The number of halogens is 4. The Labute approximate surface area is 87.3 Å². The highest BCUT2D eigenvalue weighted by Crippen LogP contribution is 2.32. The Kier molecular flexibility index (Phi) is 3.18. The molecule has 0 unspecified atom stereocenters. The topological polar surface area (TPSA) is 26.0 Å². The molecule has 1 nitrogen and oxygen atoms in total. The molecule has 0 aliphatic carbocycles. The first-order chi connectivity index (χ1) is 5.93. The number of rotatable bonds is 1. The third kappa shape index (κ3) is 2.57. The maximum atomic E-state index is 12.2. The van der Waals surface area contributed by atoms with Crippen LogP contribution in [0.3, 0.4) is 0 Å². The molecule has 0 heterocycles. The highest BCUT2D eigenvalue weighted by molar-refractivity contribution is 14.1. The quantitative estimate of drug-likeness (QED) is 0.793. The zero-order valence-electron chi connectivity index (χ0n) is 6.48. The van der Waals surface area contributed by atoms with Crippen LogP contribution in [0.15, 0.2) is 24.3 Å². The van der Waals surface area contributed by atoms with E-state index in [2.05, 4.69) is 0 Å². The second-order valence-corrected chi connectivity index (χ2v) is 3.70. The van der Waals surface area contributed by atoms with Gasteiger partial charge < -0.3 is 5.73 Å². The monoisotopic (exact) mass is 301 g/mol. The van der Waals surface area contributed by atoms with Gasteiger partial charge in [-0.2, -0.15) is 13.2 Å². The molecule has 0 aromatic heterocycles. The third-order valence-corrected chi connectivity index (χ3v) is 2.58. The molecule has 72 valence electrons. The van der Waals surface area contributed by atoms with Crippen molar-refractivity contribution in [1.29, 1.82) is 0 Å². The van der Waals surface area contributed by atoms with Gasteiger partial charge in [0.1, 0.15) is 6.04 Å². The van der Waals surface area contributed by atoms with Gasteiger partial charge in [-0.1, -0.05) is 18.2 Å². The van der Waals surface area contributed by atoms with E-state index in [1.165, 1.54) is 6.07 Å². The van der Waals surface area contributed by atoms with E-state index in [0.29, 0.717) is 3.57 Å². The summed E-state index contributed by atoms with van der Waals surface area (Å²) in [7, 11) is 0. The highest BCUT2D eigenvalue weighted by atomic mass is 127.